The van der Waals surface area contributed by atoms with Crippen molar-refractivity contribution in [1.82, 2.24) is 0 Å². The Morgan fingerprint density at radius 2 is 1.31 bits per heavy atom. The van der Waals surface area contributed by atoms with Crippen molar-refractivity contribution < 1.29 is 89.7 Å². The first-order valence-electron chi connectivity index (χ1n) is 23.9. The fourth-order valence-corrected chi connectivity index (χ4v) is 14.6. The third-order valence-corrected chi connectivity index (χ3v) is 18.3. The van der Waals surface area contributed by atoms with Crippen LogP contribution in [0.25, 0.3) is 0 Å². The molecule has 4 aliphatic carbocycles. The molecule has 7 rings (SSSR count). The van der Waals surface area contributed by atoms with Crippen LogP contribution in [0, 0.1) is 45.3 Å². The highest BCUT2D eigenvalue weighted by Gasteiger charge is 2.74. The monoisotopic (exact) mass is 933 g/mol. The molecule has 25 atom stereocenters. The van der Waals surface area contributed by atoms with Crippen LogP contribution in [0.3, 0.4) is 0 Å². The Labute approximate surface area is 382 Å². The summed E-state index contributed by atoms with van der Waals surface area (Å²) in [6.07, 6.45) is -17.2. The molecule has 0 aromatic heterocycles. The van der Waals surface area contributed by atoms with Crippen molar-refractivity contribution in [3.63, 3.8) is 0 Å². The van der Waals surface area contributed by atoms with E-state index >= 15 is 0 Å². The first-order chi connectivity index (χ1) is 30.3. The summed E-state index contributed by atoms with van der Waals surface area (Å²) < 4.78 is 37.7. The minimum Gasteiger partial charge on any atom is -0.394 e. The molecule has 4 saturated carbocycles. The lowest BCUT2D eigenvalue weighted by atomic mass is 9.34. The van der Waals surface area contributed by atoms with E-state index in [9.17, 15) is 61.3 Å². The first kappa shape index (κ1) is 51.9. The summed E-state index contributed by atoms with van der Waals surface area (Å²) in [5.41, 5.74) is -2.41. The molecule has 0 amide bonds. The van der Waals surface area contributed by atoms with Crippen LogP contribution in [0.5, 0.6) is 0 Å². The minimum absolute atomic E-state index is 0.0828. The second-order valence-corrected chi connectivity index (χ2v) is 22.6. The van der Waals surface area contributed by atoms with E-state index in [0.717, 1.165) is 5.57 Å². The molecule has 3 saturated heterocycles. The maximum absolute atomic E-state index is 12.7. The quantitative estimate of drug-likeness (QED) is 0.0874. The number of aliphatic hydroxyl groups excluding tert-OH is 12. The van der Waals surface area contributed by atoms with Crippen LogP contribution in [0.15, 0.2) is 11.6 Å². The molecule has 0 spiro atoms. The summed E-state index contributed by atoms with van der Waals surface area (Å²) in [5, 5.41) is 131. The Morgan fingerprint density at radius 1 is 0.692 bits per heavy atom. The SMILES string of the molecule is CC(C)=CCCC(C)(O[C@@H]1O[C@H](CO)[C@@H](O)[C@H](O)[C@H]1O)[C@H]1CC[C@]2(C)[C@@H]1[C@H](O)C[C@@H]1[C@@]3(C)CC[C@H](O)C(C)(C)[C@@H]3[C@@H](O[C@@H]3O[C@H](CO)[C@@H](O)[C@H](O)[C@H]3O[C@@H]3OC[C@@H](O)[C@H](O)[C@H]3O)C[C@]12C. The number of hydrogen-bond donors (Lipinski definition) is 12. The summed E-state index contributed by atoms with van der Waals surface area (Å²) >= 11 is 0. The zero-order chi connectivity index (χ0) is 47.9. The maximum Gasteiger partial charge on any atom is 0.187 e. The lowest BCUT2D eigenvalue weighted by molar-refractivity contribution is -0.377. The number of fused-ring (bicyclic) bond motifs is 5. The number of aliphatic hydroxyl groups is 12. The van der Waals surface area contributed by atoms with Gasteiger partial charge in [-0.1, -0.05) is 46.3 Å². The van der Waals surface area contributed by atoms with Gasteiger partial charge in [-0.05, 0) is 117 Å². The molecule has 0 aromatic rings. The van der Waals surface area contributed by atoms with Crippen molar-refractivity contribution in [3.8, 4) is 0 Å². The van der Waals surface area contributed by atoms with Gasteiger partial charge in [0.1, 0.15) is 67.1 Å². The van der Waals surface area contributed by atoms with Crippen molar-refractivity contribution in [1.29, 1.82) is 0 Å². The Morgan fingerprint density at radius 3 is 1.94 bits per heavy atom. The Hall–Kier alpha value is -0.980. The van der Waals surface area contributed by atoms with Crippen LogP contribution < -0.4 is 0 Å². The highest BCUT2D eigenvalue weighted by molar-refractivity contribution is 5.22. The zero-order valence-electron chi connectivity index (χ0n) is 39.3. The third-order valence-electron chi connectivity index (χ3n) is 18.3. The molecule has 0 radical (unpaired) electrons. The fourth-order valence-electron chi connectivity index (χ4n) is 14.6. The second kappa shape index (κ2) is 19.0. The number of rotatable bonds is 12. The lowest BCUT2D eigenvalue weighted by Gasteiger charge is -2.72. The van der Waals surface area contributed by atoms with Crippen LogP contribution in [0.4, 0.5) is 0 Å². The zero-order valence-corrected chi connectivity index (χ0v) is 39.3. The van der Waals surface area contributed by atoms with E-state index in [-0.39, 0.29) is 30.3 Å². The second-order valence-electron chi connectivity index (χ2n) is 22.6. The Bertz CT molecular complexity index is 1660. The van der Waals surface area contributed by atoms with Crippen LogP contribution >= 0.6 is 0 Å². The van der Waals surface area contributed by atoms with Gasteiger partial charge in [-0.2, -0.15) is 0 Å². The standard InChI is InChI=1S/C47H80O18/c1-21(2)10-9-13-47(8,65-41-37(59)34(56)32(54)26(18-48)62-41)22-11-15-45(6)30(22)23(50)16-28-44(5)14-12-29(52)43(3,4)39(44)25(17-46(28,45)7)61-42-38(35(57)33(55)27(19-49)63-42)64-40-36(58)31(53)24(51)20-60-40/h10,22-42,48-59H,9,11-20H2,1-8H3/t22-,23+,24+,25-,26+,27+,28+,29-,30-,31-,32+,33+,34-,35-,36+,37+,38+,39-,40-,41-,42+,44+,45+,46+,47?/m0/s1. The van der Waals surface area contributed by atoms with E-state index in [1.54, 1.807) is 0 Å². The molecule has 7 aliphatic rings. The van der Waals surface area contributed by atoms with Gasteiger partial charge in [0.05, 0.1) is 43.7 Å². The molecule has 18 nitrogen and oxygen atoms in total. The molecule has 3 aliphatic heterocycles. The summed E-state index contributed by atoms with van der Waals surface area (Å²) in [7, 11) is 0. The molecule has 1 unspecified atom stereocenters. The summed E-state index contributed by atoms with van der Waals surface area (Å²) in [6.45, 7) is 15.0. The van der Waals surface area contributed by atoms with Crippen LogP contribution in [0.2, 0.25) is 0 Å². The van der Waals surface area contributed by atoms with Crippen molar-refractivity contribution in [2.75, 3.05) is 19.8 Å². The van der Waals surface area contributed by atoms with E-state index in [4.69, 9.17) is 28.4 Å². The molecule has 18 heteroatoms. The smallest absolute Gasteiger partial charge is 0.187 e. The number of allylic oxidation sites excluding steroid dienone is 2. The van der Waals surface area contributed by atoms with Crippen LogP contribution in [-0.4, -0.2) is 191 Å². The van der Waals surface area contributed by atoms with Crippen LogP contribution in [-0.2, 0) is 28.4 Å². The third kappa shape index (κ3) is 8.72. The summed E-state index contributed by atoms with van der Waals surface area (Å²) in [4.78, 5) is 0. The topological polar surface area (TPSA) is 298 Å². The molecule has 12 N–H and O–H groups in total. The molecular weight excluding hydrogens is 852 g/mol. The van der Waals surface area contributed by atoms with Gasteiger partial charge in [-0.15, -0.1) is 0 Å². The van der Waals surface area contributed by atoms with E-state index in [1.807, 2.05) is 34.6 Å². The number of ether oxygens (including phenoxy) is 6. The summed E-state index contributed by atoms with van der Waals surface area (Å²) in [5.74, 6) is -1.11. The minimum atomic E-state index is -1.73. The largest absolute Gasteiger partial charge is 0.394 e. The lowest BCUT2D eigenvalue weighted by Crippen LogP contribution is -2.71. The average molecular weight is 933 g/mol. The summed E-state index contributed by atoms with van der Waals surface area (Å²) in [6, 6.07) is 0. The van der Waals surface area contributed by atoms with Gasteiger partial charge < -0.3 is 89.7 Å². The van der Waals surface area contributed by atoms with Gasteiger partial charge in [0.2, 0.25) is 0 Å². The first-order valence-corrected chi connectivity index (χ1v) is 23.9. The van der Waals surface area contributed by atoms with Crippen molar-refractivity contribution in [2.24, 2.45) is 45.3 Å². The molecule has 0 bridgehead atoms. The van der Waals surface area contributed by atoms with Crippen molar-refractivity contribution in [2.45, 2.75) is 217 Å². The molecular formula is C47H80O18. The molecule has 7 fully saturated rings. The van der Waals surface area contributed by atoms with E-state index in [0.29, 0.717) is 51.4 Å². The predicted octanol–water partition coefficient (Wildman–Crippen LogP) is -0.417. The Kier molecular flexibility index (Phi) is 15.1. The van der Waals surface area contributed by atoms with Gasteiger partial charge in [-0.25, -0.2) is 0 Å². The average Bonchev–Trinajstić information content (AvgIpc) is 3.63. The normalized spacial score (nSPS) is 53.0. The molecule has 0 aromatic carbocycles. The van der Waals surface area contributed by atoms with E-state index in [1.165, 1.54) is 0 Å². The van der Waals surface area contributed by atoms with E-state index < -0.39 is 145 Å². The predicted molar refractivity (Wildman–Crippen MR) is 229 cm³/mol. The fraction of sp³-hybridized carbons (Fsp3) is 0.957. The van der Waals surface area contributed by atoms with Gasteiger partial charge >= 0.3 is 0 Å². The van der Waals surface area contributed by atoms with Crippen molar-refractivity contribution in [3.05, 3.63) is 11.6 Å². The molecule has 65 heavy (non-hydrogen) atoms. The van der Waals surface area contributed by atoms with Gasteiger partial charge in [0.15, 0.2) is 18.9 Å². The van der Waals surface area contributed by atoms with Crippen LogP contribution in [0.1, 0.15) is 107 Å². The highest BCUT2D eigenvalue weighted by atomic mass is 16.8. The van der Waals surface area contributed by atoms with Gasteiger partial charge in [-0.3, -0.25) is 0 Å². The van der Waals surface area contributed by atoms with Crippen molar-refractivity contribution >= 4 is 0 Å². The molecule has 376 valence electrons. The van der Waals surface area contributed by atoms with E-state index in [2.05, 4.69) is 26.8 Å². The highest BCUT2D eigenvalue weighted by Crippen LogP contribution is 2.76. The van der Waals surface area contributed by atoms with Gasteiger partial charge in [0, 0.05) is 0 Å². The molecule has 3 heterocycles. The Balaban J connectivity index is 1.27. The number of hydrogen-bond acceptors (Lipinski definition) is 18. The maximum atomic E-state index is 12.7. The van der Waals surface area contributed by atoms with Gasteiger partial charge in [0.25, 0.3) is 0 Å².